The van der Waals surface area contributed by atoms with E-state index in [4.69, 9.17) is 0 Å². The fourth-order valence-corrected chi connectivity index (χ4v) is 2.87. The van der Waals surface area contributed by atoms with Gasteiger partial charge in [0.1, 0.15) is 0 Å². The first-order valence-corrected chi connectivity index (χ1v) is 8.06. The van der Waals surface area contributed by atoms with Gasteiger partial charge in [0.2, 0.25) is 5.91 Å². The van der Waals surface area contributed by atoms with E-state index in [1.165, 1.54) is 11.3 Å². The minimum absolute atomic E-state index is 0.0259. The quantitative estimate of drug-likeness (QED) is 0.792. The van der Waals surface area contributed by atoms with E-state index in [-0.39, 0.29) is 5.91 Å². The maximum Gasteiger partial charge on any atom is 0.226 e. The molecule has 1 amide bonds. The predicted molar refractivity (Wildman–Crippen MR) is 82.3 cm³/mol. The normalized spacial score (nSPS) is 10.3. The Morgan fingerprint density at radius 3 is 3.00 bits per heavy atom. The van der Waals surface area contributed by atoms with Crippen LogP contribution in [0.5, 0.6) is 0 Å². The van der Waals surface area contributed by atoms with Crippen molar-refractivity contribution in [2.75, 3.05) is 10.6 Å². The molecule has 6 heteroatoms. The van der Waals surface area contributed by atoms with E-state index in [0.717, 1.165) is 15.7 Å². The van der Waals surface area contributed by atoms with Crippen molar-refractivity contribution < 1.29 is 4.79 Å². The summed E-state index contributed by atoms with van der Waals surface area (Å²) in [4.78, 5) is 15.8. The van der Waals surface area contributed by atoms with Gasteiger partial charge in [-0.3, -0.25) is 4.79 Å². The lowest BCUT2D eigenvalue weighted by atomic mass is 10.2. The molecule has 18 heavy (non-hydrogen) atoms. The molecule has 1 N–H and O–H groups in total. The Labute approximate surface area is 126 Å². The van der Waals surface area contributed by atoms with Gasteiger partial charge in [0.15, 0.2) is 5.13 Å². The number of nitrogens with zero attached hydrogens (tertiary/aromatic N) is 1. The number of halogens is 2. The number of benzene rings is 1. The number of nitrogens with one attached hydrogen (secondary N) is 1. The molecule has 0 radical (unpaired) electrons. The first kappa shape index (κ1) is 13.7. The summed E-state index contributed by atoms with van der Waals surface area (Å²) in [6.45, 7) is 0. The molecule has 0 unspecified atom stereocenters. The molecule has 2 rings (SSSR count). The lowest BCUT2D eigenvalue weighted by Gasteiger charge is -1.99. The van der Waals surface area contributed by atoms with Crippen LogP contribution in [0, 0.1) is 0 Å². The molecular formula is C12H10Br2N2OS. The van der Waals surface area contributed by atoms with Gasteiger partial charge in [-0.1, -0.05) is 44.0 Å². The number of aromatic nitrogens is 1. The first-order chi connectivity index (χ1) is 8.69. The Hall–Kier alpha value is -0.720. The Kier molecular flexibility index (Phi) is 4.91. The minimum Gasteiger partial charge on any atom is -0.302 e. The van der Waals surface area contributed by atoms with Gasteiger partial charge >= 0.3 is 0 Å². The van der Waals surface area contributed by atoms with E-state index in [2.05, 4.69) is 42.2 Å². The summed E-state index contributed by atoms with van der Waals surface area (Å²) >= 11 is 8.09. The number of hydrogen-bond donors (Lipinski definition) is 1. The summed E-state index contributed by atoms with van der Waals surface area (Å²) in [6, 6.07) is 7.92. The lowest BCUT2D eigenvalue weighted by molar-refractivity contribution is -0.115. The minimum atomic E-state index is -0.0259. The van der Waals surface area contributed by atoms with Gasteiger partial charge in [0.05, 0.1) is 5.69 Å². The maximum absolute atomic E-state index is 11.4. The molecule has 0 atom stereocenters. The Morgan fingerprint density at radius 2 is 2.28 bits per heavy atom. The molecule has 0 aliphatic rings. The van der Waals surface area contributed by atoms with Crippen molar-refractivity contribution in [3.8, 4) is 11.3 Å². The maximum atomic E-state index is 11.4. The summed E-state index contributed by atoms with van der Waals surface area (Å²) in [5, 5.41) is 6.00. The fraction of sp³-hybridized carbons (Fsp3) is 0.167. The Balaban J connectivity index is 2.13. The fourth-order valence-electron chi connectivity index (χ4n) is 1.38. The second-order valence-electron chi connectivity index (χ2n) is 3.54. The molecule has 0 aliphatic carbocycles. The monoisotopic (exact) mass is 388 g/mol. The Morgan fingerprint density at radius 1 is 1.44 bits per heavy atom. The molecule has 1 aromatic carbocycles. The lowest BCUT2D eigenvalue weighted by Crippen LogP contribution is -2.11. The topological polar surface area (TPSA) is 42.0 Å². The molecule has 2 aromatic rings. The van der Waals surface area contributed by atoms with Crippen LogP contribution in [0.1, 0.15) is 6.42 Å². The zero-order valence-corrected chi connectivity index (χ0v) is 13.3. The van der Waals surface area contributed by atoms with Crippen LogP contribution in [-0.2, 0) is 4.79 Å². The van der Waals surface area contributed by atoms with Crippen LogP contribution in [-0.4, -0.2) is 16.2 Å². The highest BCUT2D eigenvalue weighted by Gasteiger charge is 2.07. The van der Waals surface area contributed by atoms with Crippen LogP contribution in [0.15, 0.2) is 34.1 Å². The number of thiazole rings is 1. The summed E-state index contributed by atoms with van der Waals surface area (Å²) in [6.07, 6.45) is 0.450. The van der Waals surface area contributed by atoms with Crippen LogP contribution in [0.4, 0.5) is 5.13 Å². The van der Waals surface area contributed by atoms with Gasteiger partial charge in [-0.25, -0.2) is 4.98 Å². The SMILES string of the molecule is O=C(CCBr)Nc1nc(-c2cccc(Br)c2)cs1. The summed E-state index contributed by atoms with van der Waals surface area (Å²) in [7, 11) is 0. The third-order valence-corrected chi connectivity index (χ3v) is 3.84. The van der Waals surface area contributed by atoms with Crippen molar-refractivity contribution in [1.82, 2.24) is 4.98 Å². The van der Waals surface area contributed by atoms with Crippen LogP contribution < -0.4 is 5.32 Å². The molecule has 0 aliphatic heterocycles. The largest absolute Gasteiger partial charge is 0.302 e. The third-order valence-electron chi connectivity index (χ3n) is 2.19. The summed E-state index contributed by atoms with van der Waals surface area (Å²) in [5.41, 5.74) is 1.90. The van der Waals surface area contributed by atoms with Crippen molar-refractivity contribution in [1.29, 1.82) is 0 Å². The average Bonchev–Trinajstić information content (AvgIpc) is 2.78. The highest BCUT2D eigenvalue weighted by Crippen LogP contribution is 2.26. The number of rotatable bonds is 4. The van der Waals surface area contributed by atoms with Crippen molar-refractivity contribution in [2.24, 2.45) is 0 Å². The highest BCUT2D eigenvalue weighted by atomic mass is 79.9. The molecule has 0 saturated carbocycles. The van der Waals surface area contributed by atoms with Crippen molar-refractivity contribution in [2.45, 2.75) is 6.42 Å². The van der Waals surface area contributed by atoms with Crippen molar-refractivity contribution in [3.05, 3.63) is 34.1 Å². The van der Waals surface area contributed by atoms with Gasteiger partial charge < -0.3 is 5.32 Å². The number of amides is 1. The van der Waals surface area contributed by atoms with E-state index < -0.39 is 0 Å². The molecule has 1 heterocycles. The molecule has 0 saturated heterocycles. The van der Waals surface area contributed by atoms with Crippen molar-refractivity contribution in [3.63, 3.8) is 0 Å². The van der Waals surface area contributed by atoms with Crippen LogP contribution in [0.25, 0.3) is 11.3 Å². The Bertz CT molecular complexity index is 557. The first-order valence-electron chi connectivity index (χ1n) is 5.26. The number of carbonyl (C=O) groups excluding carboxylic acids is 1. The molecule has 0 fully saturated rings. The standard InChI is InChI=1S/C12H10Br2N2OS/c13-5-4-11(17)16-12-15-10(7-18-12)8-2-1-3-9(14)6-8/h1-3,6-7H,4-5H2,(H,15,16,17). The highest BCUT2D eigenvalue weighted by molar-refractivity contribution is 9.10. The predicted octanol–water partition coefficient (Wildman–Crippen LogP) is 4.30. The second kappa shape index (κ2) is 6.45. The molecule has 3 nitrogen and oxygen atoms in total. The number of carbonyl (C=O) groups is 1. The van der Waals surface area contributed by atoms with Crippen LogP contribution in [0.2, 0.25) is 0 Å². The van der Waals surface area contributed by atoms with Gasteiger partial charge in [-0.2, -0.15) is 0 Å². The van der Waals surface area contributed by atoms with Crippen molar-refractivity contribution >= 4 is 54.2 Å². The smallest absolute Gasteiger partial charge is 0.226 e. The number of anilines is 1. The molecular weight excluding hydrogens is 380 g/mol. The molecule has 0 spiro atoms. The zero-order chi connectivity index (χ0) is 13.0. The van der Waals surface area contributed by atoms with Gasteiger partial charge in [0, 0.05) is 27.2 Å². The van der Waals surface area contributed by atoms with E-state index in [9.17, 15) is 4.79 Å². The molecule has 1 aromatic heterocycles. The second-order valence-corrected chi connectivity index (χ2v) is 6.10. The van der Waals surface area contributed by atoms with Gasteiger partial charge in [0.25, 0.3) is 0 Å². The van der Waals surface area contributed by atoms with Crippen LogP contribution in [0.3, 0.4) is 0 Å². The van der Waals surface area contributed by atoms with E-state index in [1.807, 2.05) is 29.6 Å². The number of alkyl halides is 1. The third kappa shape index (κ3) is 3.63. The summed E-state index contributed by atoms with van der Waals surface area (Å²) in [5.74, 6) is -0.0259. The van der Waals surface area contributed by atoms with E-state index in [0.29, 0.717) is 16.9 Å². The van der Waals surface area contributed by atoms with E-state index >= 15 is 0 Å². The molecule has 94 valence electrons. The van der Waals surface area contributed by atoms with Crippen LogP contribution >= 0.6 is 43.2 Å². The number of hydrogen-bond acceptors (Lipinski definition) is 3. The van der Waals surface area contributed by atoms with Gasteiger partial charge in [-0.05, 0) is 12.1 Å². The average molecular weight is 390 g/mol. The van der Waals surface area contributed by atoms with E-state index in [1.54, 1.807) is 0 Å². The molecule has 0 bridgehead atoms. The zero-order valence-electron chi connectivity index (χ0n) is 9.32. The summed E-state index contributed by atoms with van der Waals surface area (Å²) < 4.78 is 1.01. The van der Waals surface area contributed by atoms with Gasteiger partial charge in [-0.15, -0.1) is 11.3 Å².